The highest BCUT2D eigenvalue weighted by molar-refractivity contribution is 5.75. The van der Waals surface area contributed by atoms with Crippen LogP contribution >= 0.6 is 0 Å². The number of carbonyl (C=O) groups excluding carboxylic acids is 1. The van der Waals surface area contributed by atoms with Gasteiger partial charge >= 0.3 is 5.97 Å². The van der Waals surface area contributed by atoms with E-state index in [1.807, 2.05) is 6.92 Å². The van der Waals surface area contributed by atoms with Gasteiger partial charge in [-0.15, -0.1) is 0 Å². The molecule has 1 rings (SSSR count). The Bertz CT molecular complexity index is 416. The Morgan fingerprint density at radius 2 is 2.05 bits per heavy atom. The normalized spacial score (nSPS) is 11.8. The minimum Gasteiger partial charge on any atom is -0.493 e. The fourth-order valence-corrected chi connectivity index (χ4v) is 1.60. The highest BCUT2D eigenvalue weighted by Crippen LogP contribution is 2.29. The van der Waals surface area contributed by atoms with Gasteiger partial charge in [0.15, 0.2) is 17.6 Å². The molecular weight excluding hydrogens is 248 g/mol. The van der Waals surface area contributed by atoms with E-state index >= 15 is 0 Å². The molecule has 0 saturated carbocycles. The molecule has 106 valence electrons. The van der Waals surface area contributed by atoms with E-state index in [1.54, 1.807) is 25.1 Å². The molecule has 1 N–H and O–H groups in total. The molecule has 0 amide bonds. The smallest absolute Gasteiger partial charge is 0.347 e. The number of methoxy groups -OCH3 is 1. The standard InChI is InChI=1S/C14H20O5/c1-4-11(14(16)18-5-2)19-13-8-10(9-15)6-7-12(13)17-3/h6-8,11,15H,4-5,9H2,1-3H3. The Balaban J connectivity index is 2.91. The van der Waals surface area contributed by atoms with Crippen LogP contribution in [0, 0.1) is 0 Å². The first-order valence-corrected chi connectivity index (χ1v) is 6.27. The van der Waals surface area contributed by atoms with Crippen LogP contribution in [0.25, 0.3) is 0 Å². The number of rotatable bonds is 7. The molecule has 0 aliphatic carbocycles. The molecule has 0 bridgehead atoms. The van der Waals surface area contributed by atoms with Crippen molar-refractivity contribution in [2.45, 2.75) is 33.0 Å². The van der Waals surface area contributed by atoms with E-state index in [9.17, 15) is 4.79 Å². The minimum atomic E-state index is -0.678. The van der Waals surface area contributed by atoms with E-state index < -0.39 is 12.1 Å². The second-order valence-corrected chi connectivity index (χ2v) is 3.91. The van der Waals surface area contributed by atoms with E-state index in [0.717, 1.165) is 0 Å². The third-order valence-electron chi connectivity index (χ3n) is 2.60. The number of carbonyl (C=O) groups is 1. The van der Waals surface area contributed by atoms with Gasteiger partial charge in [0.2, 0.25) is 0 Å². The summed E-state index contributed by atoms with van der Waals surface area (Å²) < 4.78 is 15.7. The van der Waals surface area contributed by atoms with Gasteiger partial charge in [0, 0.05) is 0 Å². The molecule has 0 radical (unpaired) electrons. The minimum absolute atomic E-state index is 0.101. The van der Waals surface area contributed by atoms with Crippen LogP contribution in [0.4, 0.5) is 0 Å². The number of aliphatic hydroxyl groups is 1. The van der Waals surface area contributed by atoms with Gasteiger partial charge in [-0.3, -0.25) is 0 Å². The molecule has 0 saturated heterocycles. The molecule has 0 fully saturated rings. The molecule has 0 aliphatic rings. The van der Waals surface area contributed by atoms with Crippen LogP contribution in [0.2, 0.25) is 0 Å². The molecule has 0 aromatic heterocycles. The van der Waals surface area contributed by atoms with Gasteiger partial charge in [-0.05, 0) is 31.0 Å². The Morgan fingerprint density at radius 1 is 1.32 bits per heavy atom. The number of benzene rings is 1. The third-order valence-corrected chi connectivity index (χ3v) is 2.60. The number of aliphatic hydroxyl groups excluding tert-OH is 1. The summed E-state index contributed by atoms with van der Waals surface area (Å²) in [4.78, 5) is 11.7. The summed E-state index contributed by atoms with van der Waals surface area (Å²) in [6.07, 6.45) is -0.187. The van der Waals surface area contributed by atoms with Gasteiger partial charge in [0.05, 0.1) is 20.3 Å². The van der Waals surface area contributed by atoms with Gasteiger partial charge in [-0.2, -0.15) is 0 Å². The van der Waals surface area contributed by atoms with Crippen molar-refractivity contribution in [3.05, 3.63) is 23.8 Å². The molecule has 0 aliphatic heterocycles. The first-order chi connectivity index (χ1) is 9.15. The quantitative estimate of drug-likeness (QED) is 0.765. The summed E-state index contributed by atoms with van der Waals surface area (Å²) in [5, 5.41) is 9.12. The molecular formula is C14H20O5. The monoisotopic (exact) mass is 268 g/mol. The number of hydrogen-bond donors (Lipinski definition) is 1. The van der Waals surface area contributed by atoms with Crippen LogP contribution in [-0.2, 0) is 16.1 Å². The zero-order chi connectivity index (χ0) is 14.3. The van der Waals surface area contributed by atoms with E-state index in [4.69, 9.17) is 19.3 Å². The Morgan fingerprint density at radius 3 is 2.58 bits per heavy atom. The zero-order valence-electron chi connectivity index (χ0n) is 11.5. The number of esters is 1. The van der Waals surface area contributed by atoms with Crippen molar-refractivity contribution >= 4 is 5.97 Å². The van der Waals surface area contributed by atoms with Crippen LogP contribution in [0.3, 0.4) is 0 Å². The van der Waals surface area contributed by atoms with Crippen molar-refractivity contribution in [2.24, 2.45) is 0 Å². The van der Waals surface area contributed by atoms with Crippen LogP contribution in [0.5, 0.6) is 11.5 Å². The van der Waals surface area contributed by atoms with E-state index in [2.05, 4.69) is 0 Å². The van der Waals surface area contributed by atoms with Crippen molar-refractivity contribution < 1.29 is 24.1 Å². The van der Waals surface area contributed by atoms with Crippen LogP contribution in [0.1, 0.15) is 25.8 Å². The molecule has 0 heterocycles. The first kappa shape index (κ1) is 15.3. The Hall–Kier alpha value is -1.75. The molecule has 19 heavy (non-hydrogen) atoms. The highest BCUT2D eigenvalue weighted by Gasteiger charge is 2.21. The van der Waals surface area contributed by atoms with Crippen LogP contribution < -0.4 is 9.47 Å². The maximum atomic E-state index is 11.7. The third kappa shape index (κ3) is 4.13. The summed E-state index contributed by atoms with van der Waals surface area (Å²) in [5.74, 6) is 0.537. The average Bonchev–Trinajstić information content (AvgIpc) is 2.44. The van der Waals surface area contributed by atoms with Gasteiger partial charge in [-0.25, -0.2) is 4.79 Å². The van der Waals surface area contributed by atoms with E-state index in [1.165, 1.54) is 7.11 Å². The summed E-state index contributed by atoms with van der Waals surface area (Å²) in [5.41, 5.74) is 0.689. The average molecular weight is 268 g/mol. The Kier molecular flexibility index (Phi) is 6.15. The molecule has 5 heteroatoms. The first-order valence-electron chi connectivity index (χ1n) is 6.27. The molecule has 1 atom stereocenters. The lowest BCUT2D eigenvalue weighted by Gasteiger charge is -2.18. The van der Waals surface area contributed by atoms with Gasteiger partial charge in [-0.1, -0.05) is 13.0 Å². The maximum absolute atomic E-state index is 11.7. The molecule has 1 unspecified atom stereocenters. The van der Waals surface area contributed by atoms with Crippen LogP contribution in [-0.4, -0.2) is 30.9 Å². The topological polar surface area (TPSA) is 65.0 Å². The van der Waals surface area contributed by atoms with E-state index in [-0.39, 0.29) is 6.61 Å². The fraction of sp³-hybridized carbons (Fsp3) is 0.500. The SMILES string of the molecule is CCOC(=O)C(CC)Oc1cc(CO)ccc1OC. The number of hydrogen-bond acceptors (Lipinski definition) is 5. The highest BCUT2D eigenvalue weighted by atomic mass is 16.6. The molecule has 1 aromatic carbocycles. The summed E-state index contributed by atoms with van der Waals surface area (Å²) in [6.45, 7) is 3.80. The van der Waals surface area contributed by atoms with Gasteiger partial charge < -0.3 is 19.3 Å². The predicted octanol–water partition coefficient (Wildman–Crippen LogP) is 1.91. The second-order valence-electron chi connectivity index (χ2n) is 3.91. The molecule has 5 nitrogen and oxygen atoms in total. The second kappa shape index (κ2) is 7.63. The summed E-state index contributed by atoms with van der Waals surface area (Å²) in [6, 6.07) is 5.08. The number of ether oxygens (including phenoxy) is 3. The predicted molar refractivity (Wildman–Crippen MR) is 70.3 cm³/mol. The van der Waals surface area contributed by atoms with Crippen molar-refractivity contribution in [1.29, 1.82) is 0 Å². The van der Waals surface area contributed by atoms with Crippen molar-refractivity contribution in [3.8, 4) is 11.5 Å². The molecule has 1 aromatic rings. The van der Waals surface area contributed by atoms with Crippen molar-refractivity contribution in [1.82, 2.24) is 0 Å². The van der Waals surface area contributed by atoms with Crippen molar-refractivity contribution in [3.63, 3.8) is 0 Å². The summed E-state index contributed by atoms with van der Waals surface area (Å²) >= 11 is 0. The molecule has 0 spiro atoms. The lowest BCUT2D eigenvalue weighted by atomic mass is 10.2. The van der Waals surface area contributed by atoms with Crippen LogP contribution in [0.15, 0.2) is 18.2 Å². The van der Waals surface area contributed by atoms with Gasteiger partial charge in [0.25, 0.3) is 0 Å². The van der Waals surface area contributed by atoms with Crippen molar-refractivity contribution in [2.75, 3.05) is 13.7 Å². The lowest BCUT2D eigenvalue weighted by Crippen LogP contribution is -2.28. The maximum Gasteiger partial charge on any atom is 0.347 e. The van der Waals surface area contributed by atoms with Gasteiger partial charge in [0.1, 0.15) is 0 Å². The zero-order valence-corrected chi connectivity index (χ0v) is 11.5. The summed E-state index contributed by atoms with van der Waals surface area (Å²) in [7, 11) is 1.52. The largest absolute Gasteiger partial charge is 0.493 e. The fourth-order valence-electron chi connectivity index (χ4n) is 1.60. The lowest BCUT2D eigenvalue weighted by molar-refractivity contribution is -0.151. The Labute approximate surface area is 113 Å². The van der Waals surface area contributed by atoms with E-state index in [0.29, 0.717) is 30.1 Å².